The lowest BCUT2D eigenvalue weighted by Gasteiger charge is -2.21. The first-order valence-electron chi connectivity index (χ1n) is 17.0. The first kappa shape index (κ1) is 33.5. The summed E-state index contributed by atoms with van der Waals surface area (Å²) in [5.41, 5.74) is 8.80. The summed E-state index contributed by atoms with van der Waals surface area (Å²) in [6.45, 7) is 8.19. The molecule has 0 heterocycles. The van der Waals surface area contributed by atoms with Crippen molar-refractivity contribution in [3.05, 3.63) is 192 Å². The summed E-state index contributed by atoms with van der Waals surface area (Å²) in [4.78, 5) is 0. The molecule has 0 fully saturated rings. The fraction of sp³-hybridized carbons (Fsp3) is 0.0870. The van der Waals surface area contributed by atoms with Crippen LogP contribution in [0.4, 0.5) is 0 Å². The van der Waals surface area contributed by atoms with E-state index in [0.29, 0.717) is 0 Å². The Labute approximate surface area is 296 Å². The molecule has 0 aliphatic rings. The van der Waals surface area contributed by atoms with Crippen LogP contribution in [0.2, 0.25) is 0 Å². The molecule has 2 nitrogen and oxygen atoms in total. The maximum atomic E-state index is 15.0. The Morgan fingerprint density at radius 1 is 0.280 bits per heavy atom. The first-order chi connectivity index (χ1) is 24.1. The molecule has 0 N–H and O–H groups in total. The molecule has 0 saturated heterocycles. The van der Waals surface area contributed by atoms with Gasteiger partial charge in [-0.05, 0) is 56.0 Å². The van der Waals surface area contributed by atoms with E-state index in [2.05, 4.69) is 48.5 Å². The summed E-state index contributed by atoms with van der Waals surface area (Å²) < 4.78 is 30.0. The highest BCUT2D eigenvalue weighted by Gasteiger charge is 2.31. The van der Waals surface area contributed by atoms with Crippen LogP contribution in [0, 0.1) is 27.7 Å². The fourth-order valence-electron chi connectivity index (χ4n) is 6.52. The highest BCUT2D eigenvalue weighted by atomic mass is 31.2. The van der Waals surface area contributed by atoms with Crippen molar-refractivity contribution >= 4 is 46.1 Å². The van der Waals surface area contributed by atoms with E-state index in [1.807, 2.05) is 149 Å². The second-order valence-electron chi connectivity index (χ2n) is 13.2. The molecule has 0 spiro atoms. The van der Waals surface area contributed by atoms with Gasteiger partial charge in [-0.2, -0.15) is 0 Å². The zero-order valence-electron chi connectivity index (χ0n) is 28.9. The van der Waals surface area contributed by atoms with E-state index in [1.165, 1.54) is 0 Å². The van der Waals surface area contributed by atoms with E-state index in [0.717, 1.165) is 76.3 Å². The molecular weight excluding hydrogens is 646 g/mol. The van der Waals surface area contributed by atoms with Gasteiger partial charge in [0.1, 0.15) is 0 Å². The third-order valence-corrected chi connectivity index (χ3v) is 15.7. The fourth-order valence-corrected chi connectivity index (χ4v) is 11.7. The maximum Gasteiger partial charge on any atom is 0.171 e. The molecule has 0 atom stereocenters. The minimum atomic E-state index is -3.08. The van der Waals surface area contributed by atoms with Crippen LogP contribution in [0.1, 0.15) is 22.3 Å². The lowest BCUT2D eigenvalue weighted by atomic mass is 9.99. The summed E-state index contributed by atoms with van der Waals surface area (Å²) >= 11 is 0. The summed E-state index contributed by atoms with van der Waals surface area (Å²) in [5.74, 6) is 0. The van der Waals surface area contributed by atoms with Gasteiger partial charge >= 0.3 is 0 Å². The van der Waals surface area contributed by atoms with Crippen LogP contribution in [0.25, 0.3) is 22.3 Å². The molecule has 0 radical (unpaired) electrons. The van der Waals surface area contributed by atoms with Crippen LogP contribution in [0.15, 0.2) is 170 Å². The third-order valence-electron chi connectivity index (χ3n) is 9.58. The van der Waals surface area contributed by atoms with Crippen LogP contribution < -0.4 is 31.8 Å². The molecular formula is C46H40O2P2. The van der Waals surface area contributed by atoms with E-state index < -0.39 is 14.3 Å². The van der Waals surface area contributed by atoms with Gasteiger partial charge in [0, 0.05) is 31.8 Å². The molecule has 50 heavy (non-hydrogen) atoms. The van der Waals surface area contributed by atoms with Gasteiger partial charge in [0.05, 0.1) is 0 Å². The summed E-state index contributed by atoms with van der Waals surface area (Å²) in [5, 5.41) is 4.96. The predicted molar refractivity (Wildman–Crippen MR) is 215 cm³/mol. The lowest BCUT2D eigenvalue weighted by Crippen LogP contribution is -2.25. The van der Waals surface area contributed by atoms with Crippen LogP contribution in [-0.2, 0) is 9.13 Å². The Kier molecular flexibility index (Phi) is 9.19. The summed E-state index contributed by atoms with van der Waals surface area (Å²) in [6, 6.07) is 57.1. The highest BCUT2D eigenvalue weighted by Crippen LogP contribution is 2.44. The second kappa shape index (κ2) is 13.7. The quantitative estimate of drug-likeness (QED) is 0.149. The maximum absolute atomic E-state index is 15.0. The molecule has 7 rings (SSSR count). The molecule has 7 aromatic rings. The minimum Gasteiger partial charge on any atom is -0.309 e. The third kappa shape index (κ3) is 6.38. The van der Waals surface area contributed by atoms with Gasteiger partial charge in [0.25, 0.3) is 0 Å². The van der Waals surface area contributed by atoms with Crippen LogP contribution in [0.5, 0.6) is 0 Å². The standard InChI is InChI=1S/C46H40O2P2/c1-33-8-20-41(21-9-33)49(47,42-22-10-34(2)11-23-42)45-28-16-37(17-29-45)39-6-5-7-40(32-39)38-18-30-46(31-19-38)50(48,43-24-12-35(3)13-25-43)44-26-14-36(4)15-27-44/h5-32H,1-4H3. The largest absolute Gasteiger partial charge is 0.309 e. The van der Waals surface area contributed by atoms with Gasteiger partial charge < -0.3 is 9.13 Å². The number of aryl methyl sites for hydroxylation is 4. The van der Waals surface area contributed by atoms with Crippen molar-refractivity contribution in [3.8, 4) is 22.3 Å². The van der Waals surface area contributed by atoms with Gasteiger partial charge in [-0.15, -0.1) is 0 Å². The van der Waals surface area contributed by atoms with E-state index in [9.17, 15) is 0 Å². The van der Waals surface area contributed by atoms with Crippen molar-refractivity contribution in [3.63, 3.8) is 0 Å². The van der Waals surface area contributed by atoms with Crippen LogP contribution >= 0.6 is 14.3 Å². The minimum absolute atomic E-state index is 0.812. The smallest absolute Gasteiger partial charge is 0.171 e. The average Bonchev–Trinajstić information content (AvgIpc) is 3.15. The molecule has 0 aliphatic carbocycles. The second-order valence-corrected chi connectivity index (χ2v) is 18.8. The topological polar surface area (TPSA) is 34.1 Å². The Morgan fingerprint density at radius 2 is 0.500 bits per heavy atom. The van der Waals surface area contributed by atoms with Crippen molar-refractivity contribution in [2.75, 3.05) is 0 Å². The average molecular weight is 687 g/mol. The first-order valence-corrected chi connectivity index (χ1v) is 20.4. The van der Waals surface area contributed by atoms with Gasteiger partial charge in [-0.1, -0.05) is 186 Å². The summed E-state index contributed by atoms with van der Waals surface area (Å²) in [7, 11) is -6.15. The summed E-state index contributed by atoms with van der Waals surface area (Å²) in [6.07, 6.45) is 0. The van der Waals surface area contributed by atoms with Crippen molar-refractivity contribution in [2.45, 2.75) is 27.7 Å². The molecule has 0 saturated carbocycles. The molecule has 0 bridgehead atoms. The SMILES string of the molecule is Cc1ccc(P(=O)(c2ccc(C)cc2)c2ccc(-c3cccc(-c4ccc(P(=O)(c5ccc(C)cc5)c5ccc(C)cc5)cc4)c3)cc2)cc1. The van der Waals surface area contributed by atoms with Gasteiger partial charge in [0.15, 0.2) is 14.3 Å². The Balaban J connectivity index is 1.21. The monoisotopic (exact) mass is 686 g/mol. The van der Waals surface area contributed by atoms with Crippen LogP contribution in [0.3, 0.4) is 0 Å². The molecule has 0 aliphatic heterocycles. The van der Waals surface area contributed by atoms with Crippen LogP contribution in [-0.4, -0.2) is 0 Å². The van der Waals surface area contributed by atoms with E-state index in [1.54, 1.807) is 0 Å². The zero-order valence-corrected chi connectivity index (χ0v) is 30.7. The molecule has 0 unspecified atom stereocenters. The van der Waals surface area contributed by atoms with Crippen molar-refractivity contribution in [1.29, 1.82) is 0 Å². The Morgan fingerprint density at radius 3 is 0.740 bits per heavy atom. The van der Waals surface area contributed by atoms with E-state index in [-0.39, 0.29) is 0 Å². The molecule has 0 amide bonds. The number of hydrogen-bond acceptors (Lipinski definition) is 2. The Bertz CT molecular complexity index is 2090. The molecule has 4 heteroatoms. The zero-order chi connectivity index (χ0) is 34.9. The van der Waals surface area contributed by atoms with Crippen molar-refractivity contribution in [2.24, 2.45) is 0 Å². The lowest BCUT2D eigenvalue weighted by molar-refractivity contribution is 0.591. The molecule has 246 valence electrons. The van der Waals surface area contributed by atoms with Crippen molar-refractivity contribution < 1.29 is 9.13 Å². The van der Waals surface area contributed by atoms with E-state index >= 15 is 9.13 Å². The number of benzene rings is 7. The van der Waals surface area contributed by atoms with Crippen molar-refractivity contribution in [1.82, 2.24) is 0 Å². The number of rotatable bonds is 8. The Hall–Kier alpha value is -5.00. The van der Waals surface area contributed by atoms with Gasteiger partial charge in [-0.3, -0.25) is 0 Å². The van der Waals surface area contributed by atoms with Gasteiger partial charge in [0.2, 0.25) is 0 Å². The van der Waals surface area contributed by atoms with E-state index in [4.69, 9.17) is 0 Å². The highest BCUT2D eigenvalue weighted by molar-refractivity contribution is 7.85. The predicted octanol–water partition coefficient (Wildman–Crippen LogP) is 9.53. The van der Waals surface area contributed by atoms with Gasteiger partial charge in [-0.25, -0.2) is 0 Å². The molecule has 0 aromatic heterocycles. The normalized spacial score (nSPS) is 11.8. The molecule has 7 aromatic carbocycles. The number of hydrogen-bond donors (Lipinski definition) is 0.